The van der Waals surface area contributed by atoms with Crippen molar-refractivity contribution in [2.75, 3.05) is 70.3 Å². The number of hydrogen-bond donors (Lipinski definition) is 7. The summed E-state index contributed by atoms with van der Waals surface area (Å²) >= 11 is 2.64. The molecule has 370 valence electrons. The van der Waals surface area contributed by atoms with Gasteiger partial charge in [-0.2, -0.15) is 10.2 Å². The molecule has 4 heterocycles. The molecule has 3 aromatic carbocycles. The van der Waals surface area contributed by atoms with Crippen molar-refractivity contribution in [2.45, 2.75) is 38.2 Å². The fourth-order valence-electron chi connectivity index (χ4n) is 7.18. The van der Waals surface area contributed by atoms with Crippen LogP contribution in [0.15, 0.2) is 131 Å². The number of aromatic nitrogens is 3. The smallest absolute Gasteiger partial charge is 0.263 e. The van der Waals surface area contributed by atoms with Gasteiger partial charge in [-0.3, -0.25) is 29.6 Å². The van der Waals surface area contributed by atoms with Gasteiger partial charge in [-0.15, -0.1) is 0 Å². The zero-order valence-electron chi connectivity index (χ0n) is 39.7. The van der Waals surface area contributed by atoms with Gasteiger partial charge in [0.1, 0.15) is 22.8 Å². The van der Waals surface area contributed by atoms with Gasteiger partial charge in [-0.05, 0) is 60.2 Å². The number of anilines is 2. The van der Waals surface area contributed by atoms with Crippen molar-refractivity contribution in [3.63, 3.8) is 0 Å². The number of thioether (sulfide) groups is 1. The van der Waals surface area contributed by atoms with Crippen molar-refractivity contribution in [1.82, 2.24) is 46.1 Å². The first kappa shape index (κ1) is 51.5. The number of hydrogen-bond acceptors (Lipinski definition) is 16. The molecule has 0 radical (unpaired) electrons. The van der Waals surface area contributed by atoms with Crippen LogP contribution in [0.25, 0.3) is 16.7 Å². The Labute approximate surface area is 421 Å². The summed E-state index contributed by atoms with van der Waals surface area (Å²) in [5.41, 5.74) is 8.94. The average Bonchev–Trinajstić information content (AvgIpc) is 4.19. The molecule has 7 rings (SSSR count). The Morgan fingerprint density at radius 1 is 0.845 bits per heavy atom. The summed E-state index contributed by atoms with van der Waals surface area (Å²) in [7, 11) is 1.82. The van der Waals surface area contributed by atoms with Gasteiger partial charge in [-0.1, -0.05) is 109 Å². The number of benzene rings is 3. The van der Waals surface area contributed by atoms with E-state index in [0.717, 1.165) is 58.9 Å². The number of unbranched alkanes of at least 4 members (excludes halogenated alkanes) is 1. The fourth-order valence-corrected chi connectivity index (χ4v) is 8.75. The first-order valence-electron chi connectivity index (χ1n) is 23.5. The van der Waals surface area contributed by atoms with Gasteiger partial charge in [0.15, 0.2) is 17.5 Å². The quantitative estimate of drug-likeness (QED) is 0.0135. The van der Waals surface area contributed by atoms with E-state index in [0.29, 0.717) is 51.7 Å². The zero-order valence-corrected chi connectivity index (χ0v) is 41.4. The maximum absolute atomic E-state index is 12.9. The van der Waals surface area contributed by atoms with Crippen molar-refractivity contribution >= 4 is 86.1 Å². The number of carbonyl (C=O) groups is 4. The minimum absolute atomic E-state index is 0.0421. The van der Waals surface area contributed by atoms with Crippen molar-refractivity contribution < 1.29 is 23.9 Å². The second-order valence-corrected chi connectivity index (χ2v) is 18.2. The van der Waals surface area contributed by atoms with Crippen LogP contribution in [-0.4, -0.2) is 120 Å². The first-order chi connectivity index (χ1) is 34.8. The zero-order chi connectivity index (χ0) is 49.6. The molecule has 71 heavy (non-hydrogen) atoms. The lowest BCUT2D eigenvalue weighted by Crippen LogP contribution is -2.36. The molecule has 1 aliphatic heterocycles. The molecule has 1 atom stereocenters. The molecule has 7 N–H and O–H groups in total. The van der Waals surface area contributed by atoms with Crippen molar-refractivity contribution in [1.29, 1.82) is 0 Å². The number of hydrazone groups is 2. The van der Waals surface area contributed by atoms with Crippen LogP contribution in [0.1, 0.15) is 56.5 Å². The molecule has 0 aliphatic carbocycles. The molecule has 18 nitrogen and oxygen atoms in total. The minimum atomic E-state index is -0.350. The Kier molecular flexibility index (Phi) is 19.7. The van der Waals surface area contributed by atoms with Crippen molar-refractivity contribution in [2.24, 2.45) is 10.2 Å². The molecule has 20 heteroatoms. The molecule has 0 saturated heterocycles. The summed E-state index contributed by atoms with van der Waals surface area (Å²) in [6.07, 6.45) is 8.41. The maximum atomic E-state index is 12.9. The maximum Gasteiger partial charge on any atom is 0.263 e. The van der Waals surface area contributed by atoms with Gasteiger partial charge in [-0.25, -0.2) is 9.97 Å². The Bertz CT molecular complexity index is 2780. The average molecular weight is 998 g/mol. The number of nitrogens with zero attached hydrogens (tertiary/aromatic N) is 6. The van der Waals surface area contributed by atoms with Crippen LogP contribution in [0.5, 0.6) is 0 Å². The highest BCUT2D eigenvalue weighted by Crippen LogP contribution is 2.29. The van der Waals surface area contributed by atoms with Crippen LogP contribution < -0.4 is 37.3 Å². The van der Waals surface area contributed by atoms with Gasteiger partial charge in [0.2, 0.25) is 11.0 Å². The molecule has 0 fully saturated rings. The molecule has 0 saturated carbocycles. The topological polar surface area (TPSA) is 220 Å². The van der Waals surface area contributed by atoms with Gasteiger partial charge in [0.05, 0.1) is 30.7 Å². The SMILES string of the molecule is CCCCNCCNc1ccc(CCNC(=O)c2cnc3c(ccn3CC(=O)NCCOCCNC(=O)c3cnc(N/N=C(C=O)\C(=N/N(C)C4NC(c5ccccc5)=CS4)c4ccccc4)s3)c2)cc1. The molecule has 3 aromatic heterocycles. The summed E-state index contributed by atoms with van der Waals surface area (Å²) in [4.78, 5) is 60.1. The van der Waals surface area contributed by atoms with Gasteiger partial charge in [0.25, 0.3) is 11.8 Å². The highest BCUT2D eigenvalue weighted by Gasteiger charge is 2.23. The lowest BCUT2D eigenvalue weighted by molar-refractivity contribution is -0.121. The summed E-state index contributed by atoms with van der Waals surface area (Å²) in [6.45, 7) is 6.49. The van der Waals surface area contributed by atoms with E-state index >= 15 is 0 Å². The van der Waals surface area contributed by atoms with Crippen LogP contribution in [-0.2, 0) is 27.3 Å². The van der Waals surface area contributed by atoms with Crippen LogP contribution >= 0.6 is 23.1 Å². The van der Waals surface area contributed by atoms with E-state index < -0.39 is 0 Å². The number of ether oxygens (including phenoxy) is 1. The molecule has 0 bridgehead atoms. The lowest BCUT2D eigenvalue weighted by Gasteiger charge is -2.23. The number of aldehydes is 1. The largest absolute Gasteiger partial charge is 0.384 e. The first-order valence-corrected chi connectivity index (χ1v) is 25.2. The van der Waals surface area contributed by atoms with Gasteiger partial charge < -0.3 is 41.2 Å². The molecule has 1 unspecified atom stereocenters. The monoisotopic (exact) mass is 997 g/mol. The summed E-state index contributed by atoms with van der Waals surface area (Å²) in [5, 5.41) is 32.9. The highest BCUT2D eigenvalue weighted by molar-refractivity contribution is 8.03. The molecule has 6 aromatic rings. The third kappa shape index (κ3) is 15.6. The molecule has 3 amide bonds. The number of rotatable bonds is 28. The Morgan fingerprint density at radius 2 is 1.61 bits per heavy atom. The Balaban J connectivity index is 0.783. The van der Waals surface area contributed by atoms with E-state index in [9.17, 15) is 19.2 Å². The van der Waals surface area contributed by atoms with E-state index in [-0.39, 0.29) is 61.8 Å². The summed E-state index contributed by atoms with van der Waals surface area (Å²) < 4.78 is 7.36. The number of pyridine rings is 1. The van der Waals surface area contributed by atoms with E-state index in [1.165, 1.54) is 25.2 Å². The standard InChI is InChI=1S/C51H59N13O5S2/c1-3-4-21-52-23-24-53-41-17-15-36(16-18-41)19-22-55-48(67)40-30-39-20-27-64(47(39)57-31-40)33-45(66)54-25-28-69-29-26-56-49(68)44-32-58-50(71-44)61-60-42(34-65)46(38-13-9-6-10-14-38)62-63(2)51-59-43(35-70-51)37-11-7-5-8-12-37/h5-18,20,27,30-32,34-35,51-53,59H,3-4,19,21-26,28-29,33H2,1-2H3,(H,54,66)(H,55,67)(H,56,68)(H,58,61)/b60-42-,62-46-. The lowest BCUT2D eigenvalue weighted by atomic mass is 10.1. The second-order valence-electron chi connectivity index (χ2n) is 16.2. The summed E-state index contributed by atoms with van der Waals surface area (Å²) in [6, 6.07) is 31.1. The van der Waals surface area contributed by atoms with E-state index in [1.54, 1.807) is 33.6 Å². The normalized spacial score (nSPS) is 13.5. The fraction of sp³-hybridized carbons (Fsp3) is 0.294. The van der Waals surface area contributed by atoms with E-state index in [2.05, 4.69) is 83.6 Å². The van der Waals surface area contributed by atoms with Gasteiger partial charge in [0, 0.05) is 68.8 Å². The third-order valence-corrected chi connectivity index (χ3v) is 12.9. The summed E-state index contributed by atoms with van der Waals surface area (Å²) in [5.74, 6) is -0.786. The number of nitrogens with one attached hydrogen (secondary N) is 7. The highest BCUT2D eigenvalue weighted by atomic mass is 32.2. The molecule has 0 spiro atoms. The van der Waals surface area contributed by atoms with Crippen LogP contribution in [0.4, 0.5) is 10.8 Å². The van der Waals surface area contributed by atoms with Crippen LogP contribution in [0.3, 0.4) is 0 Å². The van der Waals surface area contributed by atoms with Crippen molar-refractivity contribution in [3.05, 3.63) is 148 Å². The molecular formula is C51H59N13O5S2. The van der Waals surface area contributed by atoms with E-state index in [4.69, 9.17) is 9.84 Å². The second kappa shape index (κ2) is 27.1. The molecule has 1 aliphatic rings. The van der Waals surface area contributed by atoms with E-state index in [1.807, 2.05) is 79.2 Å². The Morgan fingerprint density at radius 3 is 2.38 bits per heavy atom. The van der Waals surface area contributed by atoms with Crippen LogP contribution in [0.2, 0.25) is 0 Å². The number of amides is 3. The number of thiazole rings is 1. The minimum Gasteiger partial charge on any atom is -0.384 e. The van der Waals surface area contributed by atoms with Crippen LogP contribution in [0, 0.1) is 0 Å². The third-order valence-electron chi connectivity index (χ3n) is 10.9. The predicted octanol–water partition coefficient (Wildman–Crippen LogP) is 5.75. The predicted molar refractivity (Wildman–Crippen MR) is 284 cm³/mol. The number of fused-ring (bicyclic) bond motifs is 1. The molecular weight excluding hydrogens is 939 g/mol. The van der Waals surface area contributed by atoms with Crippen molar-refractivity contribution in [3.8, 4) is 0 Å². The number of carbonyl (C=O) groups excluding carboxylic acids is 4. The van der Waals surface area contributed by atoms with Gasteiger partial charge >= 0.3 is 0 Å². The Hall–Kier alpha value is -7.39.